The molecule has 0 amide bonds. The van der Waals surface area contributed by atoms with Crippen molar-refractivity contribution in [3.05, 3.63) is 63.3 Å². The average Bonchev–Trinajstić information content (AvgIpc) is 3.09. The lowest BCUT2D eigenvalue weighted by molar-refractivity contribution is 0.0534. The van der Waals surface area contributed by atoms with E-state index in [1.807, 2.05) is 19.9 Å². The number of nitrogens with one attached hydrogen (secondary N) is 1. The van der Waals surface area contributed by atoms with Crippen LogP contribution in [0.4, 0.5) is 0 Å². The summed E-state index contributed by atoms with van der Waals surface area (Å²) < 4.78 is 5.57. The highest BCUT2D eigenvalue weighted by atomic mass is 35.5. The number of fused-ring (bicyclic) bond motifs is 4. The third-order valence-corrected chi connectivity index (χ3v) is 5.65. The second kappa shape index (κ2) is 6.89. The SMILES string of the molecule is CC1(C)c2cc(OC[C@@H](O)CO)c(C#N)cc2C(=O)c2c1[nH]c1cc(Cl)ccc21. The number of ether oxygens (including phenoxy) is 1. The van der Waals surface area contributed by atoms with E-state index in [4.69, 9.17) is 21.4 Å². The van der Waals surface area contributed by atoms with Crippen molar-refractivity contribution in [3.8, 4) is 11.8 Å². The van der Waals surface area contributed by atoms with Gasteiger partial charge in [0.1, 0.15) is 24.5 Å². The van der Waals surface area contributed by atoms with Gasteiger partial charge in [-0.3, -0.25) is 4.79 Å². The van der Waals surface area contributed by atoms with Crippen molar-refractivity contribution in [1.29, 1.82) is 5.26 Å². The molecule has 148 valence electrons. The van der Waals surface area contributed by atoms with Gasteiger partial charge in [-0.05, 0) is 29.8 Å². The fourth-order valence-electron chi connectivity index (χ4n) is 3.87. The summed E-state index contributed by atoms with van der Waals surface area (Å²) >= 11 is 6.12. The Bertz CT molecular complexity index is 1190. The zero-order chi connectivity index (χ0) is 20.9. The molecule has 1 aliphatic carbocycles. The van der Waals surface area contributed by atoms with Crippen molar-refractivity contribution < 1.29 is 19.7 Å². The van der Waals surface area contributed by atoms with E-state index in [2.05, 4.69) is 11.1 Å². The van der Waals surface area contributed by atoms with Gasteiger partial charge in [0, 0.05) is 32.6 Å². The molecule has 1 aromatic heterocycles. The van der Waals surface area contributed by atoms with E-state index in [0.717, 1.165) is 22.2 Å². The number of carbonyl (C=O) groups excluding carboxylic acids is 1. The Kier molecular flexibility index (Phi) is 4.62. The number of halogens is 1. The number of rotatable bonds is 4. The second-order valence-electron chi connectivity index (χ2n) is 7.67. The van der Waals surface area contributed by atoms with Gasteiger partial charge in [-0.15, -0.1) is 0 Å². The molecular formula is C22H19ClN2O4. The monoisotopic (exact) mass is 410 g/mol. The minimum Gasteiger partial charge on any atom is -0.489 e. The van der Waals surface area contributed by atoms with E-state index in [9.17, 15) is 15.2 Å². The Hall–Kier alpha value is -2.85. The number of aromatic amines is 1. The standard InChI is InChI=1S/C22H19ClN2O4/c1-22(2)16-7-18(29-10-13(27)9-26)11(8-24)5-15(16)20(28)19-14-4-3-12(23)6-17(14)25-21(19)22/h3-7,13,25-27H,9-10H2,1-2H3/t13-/m0/s1. The highest BCUT2D eigenvalue weighted by Crippen LogP contribution is 2.45. The number of hydrogen-bond acceptors (Lipinski definition) is 5. The van der Waals surface area contributed by atoms with Crippen LogP contribution in [0, 0.1) is 11.3 Å². The van der Waals surface area contributed by atoms with Gasteiger partial charge in [-0.25, -0.2) is 0 Å². The van der Waals surface area contributed by atoms with Crippen LogP contribution >= 0.6 is 11.6 Å². The maximum absolute atomic E-state index is 13.4. The van der Waals surface area contributed by atoms with Crippen LogP contribution in [0.25, 0.3) is 10.9 Å². The average molecular weight is 411 g/mol. The summed E-state index contributed by atoms with van der Waals surface area (Å²) in [5.41, 5.74) is 2.95. The number of carbonyl (C=O) groups is 1. The van der Waals surface area contributed by atoms with E-state index in [1.54, 1.807) is 18.2 Å². The molecule has 4 rings (SSSR count). The number of hydrogen-bond donors (Lipinski definition) is 3. The van der Waals surface area contributed by atoms with Crippen molar-refractivity contribution >= 4 is 28.3 Å². The van der Waals surface area contributed by atoms with Crippen molar-refractivity contribution in [2.75, 3.05) is 13.2 Å². The summed E-state index contributed by atoms with van der Waals surface area (Å²) in [6.07, 6.45) is -1.06. The van der Waals surface area contributed by atoms with Crippen LogP contribution in [-0.4, -0.2) is 40.3 Å². The maximum Gasteiger partial charge on any atom is 0.195 e. The predicted molar refractivity (Wildman–Crippen MR) is 109 cm³/mol. The number of aliphatic hydroxyl groups excluding tert-OH is 2. The van der Waals surface area contributed by atoms with Gasteiger partial charge < -0.3 is 19.9 Å². The fraction of sp³-hybridized carbons (Fsp3) is 0.273. The molecule has 1 atom stereocenters. The van der Waals surface area contributed by atoms with Gasteiger partial charge >= 0.3 is 0 Å². The predicted octanol–water partition coefficient (Wildman–Crippen LogP) is 3.30. The number of nitriles is 1. The minimum absolute atomic E-state index is 0.158. The molecule has 0 saturated carbocycles. The summed E-state index contributed by atoms with van der Waals surface area (Å²) in [5, 5.41) is 29.5. The number of benzene rings is 2. The second-order valence-corrected chi connectivity index (χ2v) is 8.11. The smallest absolute Gasteiger partial charge is 0.195 e. The lowest BCUT2D eigenvalue weighted by Crippen LogP contribution is -2.30. The largest absolute Gasteiger partial charge is 0.489 e. The number of aliphatic hydroxyl groups is 2. The zero-order valence-corrected chi connectivity index (χ0v) is 16.7. The molecule has 29 heavy (non-hydrogen) atoms. The van der Waals surface area contributed by atoms with Gasteiger partial charge in [0.2, 0.25) is 0 Å². The van der Waals surface area contributed by atoms with E-state index >= 15 is 0 Å². The van der Waals surface area contributed by atoms with E-state index in [0.29, 0.717) is 16.1 Å². The van der Waals surface area contributed by atoms with Crippen molar-refractivity contribution in [3.63, 3.8) is 0 Å². The Morgan fingerprint density at radius 2 is 2.07 bits per heavy atom. The van der Waals surface area contributed by atoms with Crippen LogP contribution in [0.5, 0.6) is 5.75 Å². The quantitative estimate of drug-likeness (QED) is 0.611. The first kappa shape index (κ1) is 19.5. The number of ketones is 1. The van der Waals surface area contributed by atoms with Gasteiger partial charge in [0.05, 0.1) is 17.7 Å². The Balaban J connectivity index is 1.90. The highest BCUT2D eigenvalue weighted by Gasteiger charge is 2.40. The highest BCUT2D eigenvalue weighted by molar-refractivity contribution is 6.31. The third-order valence-electron chi connectivity index (χ3n) is 5.41. The van der Waals surface area contributed by atoms with Crippen LogP contribution in [0.3, 0.4) is 0 Å². The number of aromatic nitrogens is 1. The van der Waals surface area contributed by atoms with Gasteiger partial charge in [-0.2, -0.15) is 5.26 Å². The maximum atomic E-state index is 13.4. The first-order valence-electron chi connectivity index (χ1n) is 9.14. The number of H-pyrrole nitrogens is 1. The van der Waals surface area contributed by atoms with Crippen LogP contribution in [-0.2, 0) is 5.41 Å². The molecule has 0 saturated heterocycles. The summed E-state index contributed by atoms with van der Waals surface area (Å²) in [4.78, 5) is 16.7. The molecule has 0 bridgehead atoms. The molecule has 6 nitrogen and oxygen atoms in total. The summed E-state index contributed by atoms with van der Waals surface area (Å²) in [5.74, 6) is 0.101. The molecule has 0 unspecified atom stereocenters. The lowest BCUT2D eigenvalue weighted by atomic mass is 9.71. The summed E-state index contributed by atoms with van der Waals surface area (Å²) in [7, 11) is 0. The Labute approximate surface area is 172 Å². The molecular weight excluding hydrogens is 392 g/mol. The Morgan fingerprint density at radius 1 is 1.31 bits per heavy atom. The third kappa shape index (κ3) is 2.99. The number of nitrogens with zero attached hydrogens (tertiary/aromatic N) is 1. The van der Waals surface area contributed by atoms with Crippen LogP contribution < -0.4 is 4.74 Å². The Morgan fingerprint density at radius 3 is 2.76 bits per heavy atom. The molecule has 0 aliphatic heterocycles. The van der Waals surface area contributed by atoms with Crippen molar-refractivity contribution in [2.45, 2.75) is 25.4 Å². The molecule has 0 fully saturated rings. The first-order valence-corrected chi connectivity index (χ1v) is 9.52. The summed E-state index contributed by atoms with van der Waals surface area (Å²) in [6, 6.07) is 10.6. The molecule has 3 N–H and O–H groups in total. The molecule has 1 aliphatic rings. The normalized spacial score (nSPS) is 15.5. The molecule has 0 radical (unpaired) electrons. The van der Waals surface area contributed by atoms with Crippen molar-refractivity contribution in [1.82, 2.24) is 4.98 Å². The van der Waals surface area contributed by atoms with Crippen molar-refractivity contribution in [2.24, 2.45) is 0 Å². The molecule has 1 heterocycles. The van der Waals surface area contributed by atoms with Gasteiger partial charge in [0.25, 0.3) is 0 Å². The van der Waals surface area contributed by atoms with Crippen LogP contribution in [0.15, 0.2) is 30.3 Å². The van der Waals surface area contributed by atoms with Gasteiger partial charge in [-0.1, -0.05) is 31.5 Å². The van der Waals surface area contributed by atoms with Gasteiger partial charge in [0.15, 0.2) is 5.78 Å². The molecule has 3 aromatic rings. The fourth-order valence-corrected chi connectivity index (χ4v) is 4.05. The first-order chi connectivity index (χ1) is 13.8. The zero-order valence-electron chi connectivity index (χ0n) is 15.9. The van der Waals surface area contributed by atoms with Crippen LogP contribution in [0.1, 0.15) is 46.6 Å². The molecule has 7 heteroatoms. The van der Waals surface area contributed by atoms with E-state index in [-0.39, 0.29) is 23.7 Å². The minimum atomic E-state index is -1.06. The molecule has 2 aromatic carbocycles. The molecule has 0 spiro atoms. The van der Waals surface area contributed by atoms with Crippen LogP contribution in [0.2, 0.25) is 5.02 Å². The summed E-state index contributed by atoms with van der Waals surface area (Å²) in [6.45, 7) is 3.38. The van der Waals surface area contributed by atoms with E-state index < -0.39 is 18.1 Å². The topological polar surface area (TPSA) is 106 Å². The lowest BCUT2D eigenvalue weighted by Gasteiger charge is -2.32. The van der Waals surface area contributed by atoms with E-state index in [1.165, 1.54) is 6.07 Å².